The molecule has 0 unspecified atom stereocenters. The molecule has 2 aromatic rings. The van der Waals surface area contributed by atoms with Gasteiger partial charge in [-0.15, -0.1) is 0 Å². The van der Waals surface area contributed by atoms with Crippen LogP contribution in [0.25, 0.3) is 0 Å². The van der Waals surface area contributed by atoms with Crippen LogP contribution in [-0.4, -0.2) is 34.3 Å². The first-order valence-electron chi connectivity index (χ1n) is 8.42. The number of aryl methyl sites for hydroxylation is 1. The first-order chi connectivity index (χ1) is 12.2. The molecule has 0 saturated carbocycles. The fourth-order valence-electron chi connectivity index (χ4n) is 2.84. The van der Waals surface area contributed by atoms with Crippen molar-refractivity contribution in [3.63, 3.8) is 0 Å². The molecule has 0 aliphatic carbocycles. The molecule has 2 atom stereocenters. The van der Waals surface area contributed by atoms with Crippen LogP contribution < -0.4 is 10.6 Å². The van der Waals surface area contributed by atoms with Crippen LogP contribution in [0.15, 0.2) is 42.7 Å². The molecule has 1 aliphatic rings. The number of nitrogens with one attached hydrogen (secondary N) is 2. The summed E-state index contributed by atoms with van der Waals surface area (Å²) in [6.07, 6.45) is 3.91. The van der Waals surface area contributed by atoms with Gasteiger partial charge >= 0.3 is 0 Å². The van der Waals surface area contributed by atoms with Crippen molar-refractivity contribution in [1.29, 1.82) is 0 Å². The molecule has 1 aromatic heterocycles. The van der Waals surface area contributed by atoms with Gasteiger partial charge < -0.3 is 15.4 Å². The minimum absolute atomic E-state index is 0.115. The molecule has 1 saturated heterocycles. The molecule has 2 amide bonds. The van der Waals surface area contributed by atoms with Gasteiger partial charge in [0.2, 0.25) is 5.91 Å². The van der Waals surface area contributed by atoms with Gasteiger partial charge in [0.05, 0.1) is 12.2 Å². The quantitative estimate of drug-likeness (QED) is 0.825. The Bertz CT molecular complexity index is 729. The van der Waals surface area contributed by atoms with Crippen molar-refractivity contribution in [2.24, 2.45) is 0 Å². The summed E-state index contributed by atoms with van der Waals surface area (Å²) in [6, 6.07) is 8.87. The zero-order chi connectivity index (χ0) is 17.6. The minimum atomic E-state index is -0.759. The molecular weight excluding hydrogens is 320 g/mol. The Balaban J connectivity index is 1.65. The highest BCUT2D eigenvalue weighted by atomic mass is 16.5. The van der Waals surface area contributed by atoms with Gasteiger partial charge in [-0.2, -0.15) is 5.10 Å². The van der Waals surface area contributed by atoms with Crippen LogP contribution in [0.2, 0.25) is 0 Å². The van der Waals surface area contributed by atoms with E-state index in [4.69, 9.17) is 4.74 Å². The predicted molar refractivity (Wildman–Crippen MR) is 91.4 cm³/mol. The lowest BCUT2D eigenvalue weighted by atomic mass is 9.99. The third kappa shape index (κ3) is 4.24. The highest BCUT2D eigenvalue weighted by Crippen LogP contribution is 2.22. The number of nitrogens with zero attached hydrogens (tertiary/aromatic N) is 2. The van der Waals surface area contributed by atoms with E-state index in [0.717, 1.165) is 24.1 Å². The van der Waals surface area contributed by atoms with E-state index in [1.54, 1.807) is 6.20 Å². The average Bonchev–Trinajstić information content (AvgIpc) is 3.08. The Morgan fingerprint density at radius 1 is 1.40 bits per heavy atom. The number of hydrogen-bond donors (Lipinski definition) is 2. The molecule has 132 valence electrons. The summed E-state index contributed by atoms with van der Waals surface area (Å²) in [5, 5.41) is 9.96. The van der Waals surface area contributed by atoms with Gasteiger partial charge in [-0.3, -0.25) is 14.3 Å². The van der Waals surface area contributed by atoms with Crippen LogP contribution >= 0.6 is 0 Å². The molecule has 0 radical (unpaired) electrons. The second-order valence-corrected chi connectivity index (χ2v) is 6.02. The second-order valence-electron chi connectivity index (χ2n) is 6.02. The van der Waals surface area contributed by atoms with Crippen LogP contribution in [-0.2, 0) is 27.4 Å². The first kappa shape index (κ1) is 17.2. The van der Waals surface area contributed by atoms with E-state index in [-0.39, 0.29) is 18.4 Å². The van der Waals surface area contributed by atoms with Crippen molar-refractivity contribution in [2.45, 2.75) is 38.6 Å². The molecule has 2 heterocycles. The van der Waals surface area contributed by atoms with Gasteiger partial charge in [0, 0.05) is 24.8 Å². The van der Waals surface area contributed by atoms with Gasteiger partial charge in [0.15, 0.2) is 6.10 Å². The highest BCUT2D eigenvalue weighted by Gasteiger charge is 2.35. The van der Waals surface area contributed by atoms with Crippen LogP contribution in [0.1, 0.15) is 30.5 Å². The van der Waals surface area contributed by atoms with Gasteiger partial charge in [-0.25, -0.2) is 0 Å². The summed E-state index contributed by atoms with van der Waals surface area (Å²) in [5.74, 6) is -0.476. The maximum atomic E-state index is 12.6. The molecule has 7 heteroatoms. The number of rotatable bonds is 6. The number of carbonyl (C=O) groups excluding carboxylic acids is 2. The van der Waals surface area contributed by atoms with Crippen LogP contribution in [0.5, 0.6) is 0 Å². The van der Waals surface area contributed by atoms with E-state index in [0.29, 0.717) is 6.54 Å². The van der Waals surface area contributed by atoms with Crippen molar-refractivity contribution >= 4 is 11.8 Å². The van der Waals surface area contributed by atoms with Crippen LogP contribution in [0.4, 0.5) is 0 Å². The molecular formula is C18H22N4O3. The van der Waals surface area contributed by atoms with E-state index in [9.17, 15) is 9.59 Å². The minimum Gasteiger partial charge on any atom is -0.356 e. The lowest BCUT2D eigenvalue weighted by Crippen LogP contribution is -2.52. The number of ether oxygens (including phenoxy) is 1. The largest absolute Gasteiger partial charge is 0.356 e. The lowest BCUT2D eigenvalue weighted by molar-refractivity contribution is -0.148. The highest BCUT2D eigenvalue weighted by molar-refractivity contribution is 5.86. The summed E-state index contributed by atoms with van der Waals surface area (Å²) >= 11 is 0. The summed E-state index contributed by atoms with van der Waals surface area (Å²) in [6.45, 7) is 3.19. The Labute approximate surface area is 146 Å². The molecule has 1 fully saturated rings. The summed E-state index contributed by atoms with van der Waals surface area (Å²) in [4.78, 5) is 24.3. The van der Waals surface area contributed by atoms with Crippen LogP contribution in [0.3, 0.4) is 0 Å². The molecule has 7 nitrogen and oxygen atoms in total. The number of amides is 2. The molecule has 0 spiro atoms. The number of benzene rings is 1. The average molecular weight is 342 g/mol. The van der Waals surface area contributed by atoms with Gasteiger partial charge in [0.1, 0.15) is 6.61 Å². The van der Waals surface area contributed by atoms with Crippen molar-refractivity contribution in [3.8, 4) is 0 Å². The Hall–Kier alpha value is -2.67. The van der Waals surface area contributed by atoms with Crippen molar-refractivity contribution in [3.05, 3.63) is 53.9 Å². The predicted octanol–water partition coefficient (Wildman–Crippen LogP) is 1.17. The number of hydrogen-bond acceptors (Lipinski definition) is 4. The normalized spacial score (nSPS) is 20.1. The maximum absolute atomic E-state index is 12.6. The standard InChI is InChI=1S/C18H22N4O3/c1-2-8-22-11-13(10-20-22)9-19-18(24)17-16(21-15(23)12-25-17)14-6-4-3-5-7-14/h3-7,10-11,16-17H,2,8-9,12H2,1H3,(H,19,24)(H,21,23)/t16-,17+/m1/s1. The molecule has 1 aromatic carbocycles. The molecule has 2 N–H and O–H groups in total. The van der Waals surface area contributed by atoms with Crippen molar-refractivity contribution < 1.29 is 14.3 Å². The van der Waals surface area contributed by atoms with Crippen molar-refractivity contribution in [1.82, 2.24) is 20.4 Å². The summed E-state index contributed by atoms with van der Waals surface area (Å²) < 4.78 is 7.36. The zero-order valence-electron chi connectivity index (χ0n) is 14.1. The topological polar surface area (TPSA) is 85.2 Å². The fraction of sp³-hybridized carbons (Fsp3) is 0.389. The monoisotopic (exact) mass is 342 g/mol. The van der Waals surface area contributed by atoms with E-state index < -0.39 is 12.1 Å². The van der Waals surface area contributed by atoms with Crippen molar-refractivity contribution in [2.75, 3.05) is 6.61 Å². The van der Waals surface area contributed by atoms with E-state index in [2.05, 4.69) is 22.7 Å². The summed E-state index contributed by atoms with van der Waals surface area (Å²) in [5.41, 5.74) is 1.77. The zero-order valence-corrected chi connectivity index (χ0v) is 14.1. The fourth-order valence-corrected chi connectivity index (χ4v) is 2.84. The molecule has 25 heavy (non-hydrogen) atoms. The Kier molecular flexibility index (Phi) is 5.45. The number of carbonyl (C=O) groups is 2. The summed E-state index contributed by atoms with van der Waals surface area (Å²) in [7, 11) is 0. The Morgan fingerprint density at radius 3 is 2.96 bits per heavy atom. The van der Waals surface area contributed by atoms with Crippen LogP contribution in [0, 0.1) is 0 Å². The Morgan fingerprint density at radius 2 is 2.20 bits per heavy atom. The maximum Gasteiger partial charge on any atom is 0.251 e. The van der Waals surface area contributed by atoms with E-state index in [1.165, 1.54) is 0 Å². The van der Waals surface area contributed by atoms with E-state index in [1.807, 2.05) is 41.2 Å². The van der Waals surface area contributed by atoms with Gasteiger partial charge in [0.25, 0.3) is 5.91 Å². The third-order valence-electron chi connectivity index (χ3n) is 4.04. The third-order valence-corrected chi connectivity index (χ3v) is 4.04. The lowest BCUT2D eigenvalue weighted by Gasteiger charge is -2.31. The smallest absolute Gasteiger partial charge is 0.251 e. The molecule has 3 rings (SSSR count). The second kappa shape index (κ2) is 7.94. The first-order valence-corrected chi connectivity index (χ1v) is 8.42. The molecule has 1 aliphatic heterocycles. The number of aromatic nitrogens is 2. The number of morpholine rings is 1. The molecule has 0 bridgehead atoms. The van der Waals surface area contributed by atoms with E-state index >= 15 is 0 Å². The van der Waals surface area contributed by atoms with Gasteiger partial charge in [-0.1, -0.05) is 37.3 Å². The SMILES string of the molecule is CCCn1cc(CNC(=O)[C@H]2OCC(=O)N[C@@H]2c2ccccc2)cn1. The van der Waals surface area contributed by atoms with Gasteiger partial charge in [-0.05, 0) is 12.0 Å².